The Bertz CT molecular complexity index is 1020. The number of pyridine rings is 2. The first-order valence-corrected chi connectivity index (χ1v) is 8.28. The minimum absolute atomic E-state index is 0.257. The zero-order valence-electron chi connectivity index (χ0n) is 14.0. The maximum Gasteiger partial charge on any atom is 0.0884 e. The lowest BCUT2D eigenvalue weighted by Crippen LogP contribution is -2.19. The summed E-state index contributed by atoms with van der Waals surface area (Å²) in [5, 5.41) is 5.63. The Morgan fingerprint density at radius 2 is 1.80 bits per heavy atom. The lowest BCUT2D eigenvalue weighted by Gasteiger charge is -2.16. The van der Waals surface area contributed by atoms with Gasteiger partial charge in [-0.25, -0.2) is 4.68 Å². The molecule has 0 unspecified atom stereocenters. The van der Waals surface area contributed by atoms with Crippen LogP contribution in [0, 0.1) is 6.92 Å². The summed E-state index contributed by atoms with van der Waals surface area (Å²) in [6, 6.07) is 15.8. The largest absolute Gasteiger partial charge is 0.322 e. The summed E-state index contributed by atoms with van der Waals surface area (Å²) in [5.41, 5.74) is 11.4. The number of aryl methyl sites for hydroxylation is 1. The summed E-state index contributed by atoms with van der Waals surface area (Å²) in [5.74, 6) is 0. The molecule has 1 atom stereocenters. The van der Waals surface area contributed by atoms with E-state index >= 15 is 0 Å². The molecule has 0 aliphatic carbocycles. The van der Waals surface area contributed by atoms with Crippen LogP contribution in [-0.4, -0.2) is 19.7 Å². The van der Waals surface area contributed by atoms with Crippen molar-refractivity contribution >= 4 is 10.9 Å². The minimum Gasteiger partial charge on any atom is -0.322 e. The fourth-order valence-corrected chi connectivity index (χ4v) is 3.07. The molecule has 0 radical (unpaired) electrons. The summed E-state index contributed by atoms with van der Waals surface area (Å²) in [4.78, 5) is 9.01. The van der Waals surface area contributed by atoms with Crippen molar-refractivity contribution in [3.05, 3.63) is 84.1 Å². The minimum atomic E-state index is -0.257. The van der Waals surface area contributed by atoms with Crippen LogP contribution in [0.25, 0.3) is 16.6 Å². The van der Waals surface area contributed by atoms with Crippen LogP contribution >= 0.6 is 0 Å². The van der Waals surface area contributed by atoms with Crippen molar-refractivity contribution in [2.24, 2.45) is 5.73 Å². The van der Waals surface area contributed by atoms with Gasteiger partial charge in [0.05, 0.1) is 29.1 Å². The number of hydrogen-bond donors (Lipinski definition) is 1. The Morgan fingerprint density at radius 3 is 2.68 bits per heavy atom. The molecule has 3 aromatic heterocycles. The van der Waals surface area contributed by atoms with Crippen molar-refractivity contribution < 1.29 is 0 Å². The van der Waals surface area contributed by atoms with Gasteiger partial charge in [0.1, 0.15) is 0 Å². The molecule has 0 aliphatic rings. The number of hydrogen-bond acceptors (Lipinski definition) is 4. The van der Waals surface area contributed by atoms with Crippen molar-refractivity contribution in [2.45, 2.75) is 19.4 Å². The van der Waals surface area contributed by atoms with Crippen molar-refractivity contribution in [3.8, 4) is 5.69 Å². The monoisotopic (exact) mass is 329 g/mol. The van der Waals surface area contributed by atoms with E-state index in [9.17, 15) is 0 Å². The Balaban J connectivity index is 1.75. The van der Waals surface area contributed by atoms with Gasteiger partial charge < -0.3 is 5.73 Å². The van der Waals surface area contributed by atoms with Gasteiger partial charge in [0.15, 0.2) is 0 Å². The zero-order valence-corrected chi connectivity index (χ0v) is 14.0. The van der Waals surface area contributed by atoms with Crippen LogP contribution in [0.5, 0.6) is 0 Å². The van der Waals surface area contributed by atoms with Gasteiger partial charge in [-0.1, -0.05) is 24.3 Å². The second-order valence-electron chi connectivity index (χ2n) is 6.10. The third-order valence-corrected chi connectivity index (χ3v) is 4.40. The summed E-state index contributed by atoms with van der Waals surface area (Å²) >= 11 is 0. The molecular formula is C20H19N5. The van der Waals surface area contributed by atoms with Crippen molar-refractivity contribution in [1.82, 2.24) is 19.7 Å². The molecule has 0 fully saturated rings. The van der Waals surface area contributed by atoms with Gasteiger partial charge in [-0.15, -0.1) is 0 Å². The molecule has 0 spiro atoms. The van der Waals surface area contributed by atoms with Gasteiger partial charge in [-0.3, -0.25) is 9.97 Å². The molecule has 2 N–H and O–H groups in total. The van der Waals surface area contributed by atoms with Crippen LogP contribution in [0.1, 0.15) is 23.0 Å². The normalized spacial score (nSPS) is 12.4. The lowest BCUT2D eigenvalue weighted by molar-refractivity contribution is 0.669. The van der Waals surface area contributed by atoms with Gasteiger partial charge in [-0.05, 0) is 36.8 Å². The highest BCUT2D eigenvalue weighted by Crippen LogP contribution is 2.24. The van der Waals surface area contributed by atoms with Gasteiger partial charge in [0, 0.05) is 29.9 Å². The van der Waals surface area contributed by atoms with E-state index in [1.807, 2.05) is 53.3 Å². The topological polar surface area (TPSA) is 69.6 Å². The van der Waals surface area contributed by atoms with Crippen LogP contribution in [0.2, 0.25) is 0 Å². The van der Waals surface area contributed by atoms with E-state index in [2.05, 4.69) is 28.1 Å². The molecule has 3 heterocycles. The van der Waals surface area contributed by atoms with E-state index in [1.54, 1.807) is 12.4 Å². The van der Waals surface area contributed by atoms with Crippen LogP contribution in [-0.2, 0) is 6.42 Å². The quantitative estimate of drug-likeness (QED) is 0.623. The Kier molecular flexibility index (Phi) is 3.99. The number of para-hydroxylation sites is 1. The molecule has 25 heavy (non-hydrogen) atoms. The summed E-state index contributed by atoms with van der Waals surface area (Å²) in [6.07, 6.45) is 6.07. The number of benzene rings is 1. The Labute approximate surface area is 146 Å². The molecule has 0 saturated carbocycles. The van der Waals surface area contributed by atoms with E-state index in [0.29, 0.717) is 6.42 Å². The van der Waals surface area contributed by atoms with E-state index in [4.69, 9.17) is 5.73 Å². The molecule has 5 heteroatoms. The van der Waals surface area contributed by atoms with Crippen molar-refractivity contribution in [2.75, 3.05) is 0 Å². The van der Waals surface area contributed by atoms with Crippen LogP contribution in [0.3, 0.4) is 0 Å². The maximum absolute atomic E-state index is 6.50. The standard InChI is InChI=1S/C20H19N5/c1-14-6-4-10-22-17(14)12-16(21)20-19(9-5-11-23-20)25-18-8-3-2-7-15(18)13-24-25/h2-11,13,16H,12,21H2,1H3/t16-/m0/s1. The Morgan fingerprint density at radius 1 is 1.00 bits per heavy atom. The molecule has 0 aliphatic heterocycles. The van der Waals surface area contributed by atoms with E-state index in [0.717, 1.165) is 33.5 Å². The second kappa shape index (κ2) is 6.45. The third-order valence-electron chi connectivity index (χ3n) is 4.40. The molecule has 1 aromatic carbocycles. The first kappa shape index (κ1) is 15.5. The summed E-state index contributed by atoms with van der Waals surface area (Å²) in [7, 11) is 0. The first-order chi connectivity index (χ1) is 12.2. The van der Waals surface area contributed by atoms with Gasteiger partial charge in [0.25, 0.3) is 0 Å². The fourth-order valence-electron chi connectivity index (χ4n) is 3.07. The predicted molar refractivity (Wildman–Crippen MR) is 98.5 cm³/mol. The molecule has 5 nitrogen and oxygen atoms in total. The second-order valence-corrected chi connectivity index (χ2v) is 6.10. The zero-order chi connectivity index (χ0) is 17.2. The first-order valence-electron chi connectivity index (χ1n) is 8.28. The van der Waals surface area contributed by atoms with E-state index in [1.165, 1.54) is 0 Å². The summed E-state index contributed by atoms with van der Waals surface area (Å²) in [6.45, 7) is 2.05. The smallest absolute Gasteiger partial charge is 0.0884 e. The molecule has 0 amide bonds. The van der Waals surface area contributed by atoms with Crippen LogP contribution < -0.4 is 5.73 Å². The van der Waals surface area contributed by atoms with Crippen molar-refractivity contribution in [3.63, 3.8) is 0 Å². The van der Waals surface area contributed by atoms with Gasteiger partial charge >= 0.3 is 0 Å². The number of fused-ring (bicyclic) bond motifs is 1. The SMILES string of the molecule is Cc1cccnc1C[C@H](N)c1ncccc1-n1ncc2ccccc21. The Hall–Kier alpha value is -3.05. The lowest BCUT2D eigenvalue weighted by atomic mass is 10.0. The average molecular weight is 329 g/mol. The number of nitrogens with zero attached hydrogens (tertiary/aromatic N) is 4. The van der Waals surface area contributed by atoms with Gasteiger partial charge in [-0.2, -0.15) is 5.10 Å². The fraction of sp³-hybridized carbons (Fsp3) is 0.150. The molecule has 0 bridgehead atoms. The average Bonchev–Trinajstić information content (AvgIpc) is 3.07. The number of rotatable bonds is 4. The van der Waals surface area contributed by atoms with Crippen LogP contribution in [0.15, 0.2) is 67.1 Å². The maximum atomic E-state index is 6.50. The van der Waals surface area contributed by atoms with Gasteiger partial charge in [0.2, 0.25) is 0 Å². The predicted octanol–water partition coefficient (Wildman–Crippen LogP) is 3.37. The molecule has 4 aromatic rings. The molecular weight excluding hydrogens is 310 g/mol. The highest BCUT2D eigenvalue weighted by atomic mass is 15.3. The number of aromatic nitrogens is 4. The highest BCUT2D eigenvalue weighted by Gasteiger charge is 2.17. The molecule has 0 saturated heterocycles. The van der Waals surface area contributed by atoms with E-state index < -0.39 is 0 Å². The highest BCUT2D eigenvalue weighted by molar-refractivity contribution is 5.80. The molecule has 4 rings (SSSR count). The summed E-state index contributed by atoms with van der Waals surface area (Å²) < 4.78 is 1.91. The molecule has 124 valence electrons. The van der Waals surface area contributed by atoms with Crippen LogP contribution in [0.4, 0.5) is 0 Å². The third kappa shape index (κ3) is 2.90. The van der Waals surface area contributed by atoms with Crippen molar-refractivity contribution in [1.29, 1.82) is 0 Å². The van der Waals surface area contributed by atoms with E-state index in [-0.39, 0.29) is 6.04 Å². The number of nitrogens with two attached hydrogens (primary N) is 1.